The van der Waals surface area contributed by atoms with Gasteiger partial charge in [-0.05, 0) is 49.9 Å². The van der Waals surface area contributed by atoms with Crippen LogP contribution in [0.1, 0.15) is 5.56 Å². The summed E-state index contributed by atoms with van der Waals surface area (Å²) in [5.41, 5.74) is 2.49. The SMILES string of the molecule is Cc1ccc(-c2nnc(Nc3ccc(S(N)(=O)=O)cc3)c3ccccc23)cc1S(=O)(=O)N1CCN(C)CC1. The molecule has 0 atom stereocenters. The van der Waals surface area contributed by atoms with Crippen LogP contribution < -0.4 is 10.5 Å². The Morgan fingerprint density at radius 1 is 0.842 bits per heavy atom. The Morgan fingerprint density at radius 3 is 2.16 bits per heavy atom. The summed E-state index contributed by atoms with van der Waals surface area (Å²) in [7, 11) is -5.48. The molecule has 12 heteroatoms. The molecule has 0 saturated carbocycles. The van der Waals surface area contributed by atoms with Gasteiger partial charge in [0.05, 0.1) is 9.79 Å². The number of aromatic nitrogens is 2. The highest BCUT2D eigenvalue weighted by Gasteiger charge is 2.29. The third-order valence-electron chi connectivity index (χ3n) is 6.67. The molecule has 0 aliphatic carbocycles. The molecule has 1 aromatic heterocycles. The van der Waals surface area contributed by atoms with Gasteiger partial charge in [-0.15, -0.1) is 10.2 Å². The van der Waals surface area contributed by atoms with Crippen LogP contribution in [0.4, 0.5) is 11.5 Å². The Kier molecular flexibility index (Phi) is 6.92. The summed E-state index contributed by atoms with van der Waals surface area (Å²) in [6.07, 6.45) is 0. The monoisotopic (exact) mass is 552 g/mol. The van der Waals surface area contributed by atoms with Crippen molar-refractivity contribution >= 4 is 42.3 Å². The molecule has 0 spiro atoms. The largest absolute Gasteiger partial charge is 0.338 e. The van der Waals surface area contributed by atoms with Gasteiger partial charge in [0, 0.05) is 48.2 Å². The molecule has 3 aromatic carbocycles. The van der Waals surface area contributed by atoms with Crippen LogP contribution in [-0.2, 0) is 20.0 Å². The number of primary sulfonamides is 1. The van der Waals surface area contributed by atoms with E-state index in [4.69, 9.17) is 5.14 Å². The summed E-state index contributed by atoms with van der Waals surface area (Å²) in [6, 6.07) is 18.9. The van der Waals surface area contributed by atoms with Crippen LogP contribution in [-0.4, -0.2) is 69.5 Å². The van der Waals surface area contributed by atoms with Crippen molar-refractivity contribution in [1.82, 2.24) is 19.4 Å². The van der Waals surface area contributed by atoms with Crippen molar-refractivity contribution in [3.63, 3.8) is 0 Å². The van der Waals surface area contributed by atoms with Gasteiger partial charge in [-0.1, -0.05) is 36.4 Å². The maximum atomic E-state index is 13.5. The van der Waals surface area contributed by atoms with Crippen LogP contribution in [0.5, 0.6) is 0 Å². The van der Waals surface area contributed by atoms with Gasteiger partial charge in [-0.2, -0.15) is 4.31 Å². The fraction of sp³-hybridized carbons (Fsp3) is 0.231. The fourth-order valence-corrected chi connectivity index (χ4v) is 6.66. The van der Waals surface area contributed by atoms with Gasteiger partial charge in [0.15, 0.2) is 5.82 Å². The summed E-state index contributed by atoms with van der Waals surface area (Å²) in [5.74, 6) is 0.477. The number of benzene rings is 3. The number of aryl methyl sites for hydroxylation is 1. The number of sulfonamides is 2. The third kappa shape index (κ3) is 5.13. The predicted molar refractivity (Wildman–Crippen MR) is 147 cm³/mol. The number of nitrogens with zero attached hydrogens (tertiary/aromatic N) is 4. The van der Waals surface area contributed by atoms with Gasteiger partial charge in [0.1, 0.15) is 5.69 Å². The summed E-state index contributed by atoms with van der Waals surface area (Å²) in [5, 5.41) is 18.8. The Balaban J connectivity index is 1.52. The second-order valence-electron chi connectivity index (χ2n) is 9.32. The molecule has 1 aliphatic heterocycles. The van der Waals surface area contributed by atoms with Crippen molar-refractivity contribution < 1.29 is 16.8 Å². The van der Waals surface area contributed by atoms with E-state index in [1.54, 1.807) is 31.2 Å². The van der Waals surface area contributed by atoms with Crippen molar-refractivity contribution in [1.29, 1.82) is 0 Å². The first-order chi connectivity index (χ1) is 18.0. The standard InChI is InChI=1S/C26H28N6O4S2/c1-18-7-8-19(17-24(18)38(35,36)32-15-13-31(2)14-16-32)25-22-5-3-4-6-23(22)26(30-29-25)28-20-9-11-21(12-10-20)37(27,33)34/h3-12,17H,13-16H2,1-2H3,(H,28,30)(H2,27,33,34). The van der Waals surface area contributed by atoms with Gasteiger partial charge in [0.2, 0.25) is 20.0 Å². The summed E-state index contributed by atoms with van der Waals surface area (Å²) in [6.45, 7) is 4.07. The maximum Gasteiger partial charge on any atom is 0.243 e. The van der Waals surface area contributed by atoms with Crippen LogP contribution >= 0.6 is 0 Å². The minimum Gasteiger partial charge on any atom is -0.338 e. The molecular formula is C26H28N6O4S2. The van der Waals surface area contributed by atoms with Gasteiger partial charge < -0.3 is 10.2 Å². The maximum absolute atomic E-state index is 13.5. The summed E-state index contributed by atoms with van der Waals surface area (Å²) in [4.78, 5) is 2.39. The van der Waals surface area contributed by atoms with E-state index in [0.717, 1.165) is 10.8 Å². The zero-order valence-corrected chi connectivity index (χ0v) is 22.6. The number of hydrogen-bond donors (Lipinski definition) is 2. The van der Waals surface area contributed by atoms with E-state index in [-0.39, 0.29) is 9.79 Å². The average molecular weight is 553 g/mol. The van der Waals surface area contributed by atoms with E-state index >= 15 is 0 Å². The number of rotatable bonds is 6. The molecule has 1 fully saturated rings. The van der Waals surface area contributed by atoms with Crippen LogP contribution in [0.2, 0.25) is 0 Å². The lowest BCUT2D eigenvalue weighted by molar-refractivity contribution is 0.222. The Hall–Kier alpha value is -3.42. The number of anilines is 2. The lowest BCUT2D eigenvalue weighted by Crippen LogP contribution is -2.47. The zero-order chi connectivity index (χ0) is 27.1. The second kappa shape index (κ2) is 10.0. The van der Waals surface area contributed by atoms with Crippen molar-refractivity contribution in [2.24, 2.45) is 5.14 Å². The van der Waals surface area contributed by atoms with E-state index in [0.29, 0.717) is 54.5 Å². The number of fused-ring (bicyclic) bond motifs is 1. The smallest absolute Gasteiger partial charge is 0.243 e. The molecule has 0 amide bonds. The van der Waals surface area contributed by atoms with Crippen LogP contribution in [0.3, 0.4) is 0 Å². The minimum atomic E-state index is -3.79. The molecular weight excluding hydrogens is 524 g/mol. The molecule has 38 heavy (non-hydrogen) atoms. The molecule has 198 valence electrons. The molecule has 2 heterocycles. The first kappa shape index (κ1) is 26.2. The molecule has 10 nitrogen and oxygen atoms in total. The van der Waals surface area contributed by atoms with Gasteiger partial charge >= 0.3 is 0 Å². The molecule has 5 rings (SSSR count). The Labute approximate surface area is 222 Å². The van der Waals surface area contributed by atoms with E-state index in [9.17, 15) is 16.8 Å². The number of likely N-dealkylation sites (N-methyl/N-ethyl adjacent to an activating group) is 1. The topological polar surface area (TPSA) is 139 Å². The highest BCUT2D eigenvalue weighted by Crippen LogP contribution is 2.33. The highest BCUT2D eigenvalue weighted by atomic mass is 32.2. The second-order valence-corrected chi connectivity index (χ2v) is 12.8. The van der Waals surface area contributed by atoms with Crippen LogP contribution in [0.25, 0.3) is 22.0 Å². The molecule has 4 aromatic rings. The first-order valence-electron chi connectivity index (χ1n) is 12.0. The zero-order valence-electron chi connectivity index (χ0n) is 21.0. The number of piperazine rings is 1. The number of nitrogens with two attached hydrogens (primary N) is 1. The summed E-state index contributed by atoms with van der Waals surface area (Å²) < 4.78 is 51.7. The van der Waals surface area contributed by atoms with Crippen molar-refractivity contribution in [2.75, 3.05) is 38.5 Å². The van der Waals surface area contributed by atoms with Gasteiger partial charge in [-0.25, -0.2) is 22.0 Å². The minimum absolute atomic E-state index is 0.0102. The van der Waals surface area contributed by atoms with Crippen LogP contribution in [0, 0.1) is 6.92 Å². The molecule has 3 N–H and O–H groups in total. The quantitative estimate of drug-likeness (QED) is 0.372. The van der Waals surface area contributed by atoms with Crippen molar-refractivity contribution in [3.05, 3.63) is 72.3 Å². The lowest BCUT2D eigenvalue weighted by atomic mass is 10.0. The molecule has 1 aliphatic rings. The van der Waals surface area contributed by atoms with Crippen molar-refractivity contribution in [3.8, 4) is 11.3 Å². The van der Waals surface area contributed by atoms with E-state index in [1.165, 1.54) is 16.4 Å². The van der Waals surface area contributed by atoms with Gasteiger partial charge in [-0.3, -0.25) is 0 Å². The molecule has 1 saturated heterocycles. The normalized spacial score (nSPS) is 15.6. The molecule has 0 radical (unpaired) electrons. The van der Waals surface area contributed by atoms with E-state index in [1.807, 2.05) is 37.4 Å². The lowest BCUT2D eigenvalue weighted by Gasteiger charge is -2.32. The predicted octanol–water partition coefficient (Wildman–Crippen LogP) is 2.93. The Morgan fingerprint density at radius 2 is 1.50 bits per heavy atom. The van der Waals surface area contributed by atoms with E-state index < -0.39 is 20.0 Å². The van der Waals surface area contributed by atoms with E-state index in [2.05, 4.69) is 20.4 Å². The van der Waals surface area contributed by atoms with Crippen LogP contribution in [0.15, 0.2) is 76.5 Å². The number of nitrogens with one attached hydrogen (secondary N) is 1. The highest BCUT2D eigenvalue weighted by molar-refractivity contribution is 7.89. The summed E-state index contributed by atoms with van der Waals surface area (Å²) >= 11 is 0. The molecule has 0 unspecified atom stereocenters. The molecule has 0 bridgehead atoms. The number of hydrogen-bond acceptors (Lipinski definition) is 8. The Bertz CT molecular complexity index is 1720. The van der Waals surface area contributed by atoms with Gasteiger partial charge in [0.25, 0.3) is 0 Å². The fourth-order valence-electron chi connectivity index (χ4n) is 4.47. The third-order valence-corrected chi connectivity index (χ3v) is 9.64. The van der Waals surface area contributed by atoms with Crippen molar-refractivity contribution in [2.45, 2.75) is 16.7 Å². The first-order valence-corrected chi connectivity index (χ1v) is 15.0. The average Bonchev–Trinajstić information content (AvgIpc) is 2.89.